The van der Waals surface area contributed by atoms with Crippen molar-refractivity contribution in [3.05, 3.63) is 75.2 Å². The molecule has 2 amide bonds. The number of carbonyl (C=O) groups is 2. The van der Waals surface area contributed by atoms with Gasteiger partial charge in [-0.15, -0.1) is 0 Å². The summed E-state index contributed by atoms with van der Waals surface area (Å²) >= 11 is 0. The zero-order valence-corrected chi connectivity index (χ0v) is 17.8. The fraction of sp³-hybridized carbons (Fsp3) is 0.190. The fourth-order valence-electron chi connectivity index (χ4n) is 3.01. The van der Waals surface area contributed by atoms with E-state index < -0.39 is 34.7 Å². The third kappa shape index (κ3) is 5.26. The van der Waals surface area contributed by atoms with E-state index in [-0.39, 0.29) is 46.5 Å². The number of nitro benzene ring substituents is 1. The minimum Gasteiger partial charge on any atom is -0.490 e. The lowest BCUT2D eigenvalue weighted by atomic mass is 10.2. The van der Waals surface area contributed by atoms with Crippen LogP contribution in [0.25, 0.3) is 11.5 Å². The quantitative estimate of drug-likeness (QED) is 0.368. The summed E-state index contributed by atoms with van der Waals surface area (Å²) in [6.45, 7) is 1.05. The van der Waals surface area contributed by atoms with Crippen LogP contribution in [0, 0.1) is 21.7 Å². The summed E-state index contributed by atoms with van der Waals surface area (Å²) in [5.74, 6) is -2.88. The number of amides is 2. The molecule has 0 aliphatic carbocycles. The second kappa shape index (κ2) is 9.94. The number of halogens is 2. The van der Waals surface area contributed by atoms with Gasteiger partial charge in [0.25, 0.3) is 5.91 Å². The minimum atomic E-state index is -1.16. The van der Waals surface area contributed by atoms with Crippen molar-refractivity contribution >= 4 is 17.7 Å². The summed E-state index contributed by atoms with van der Waals surface area (Å²) in [6, 6.07) is 6.72. The summed E-state index contributed by atoms with van der Waals surface area (Å²) in [5.41, 5.74) is 4.47. The van der Waals surface area contributed by atoms with Gasteiger partial charge in [0.05, 0.1) is 12.0 Å². The van der Waals surface area contributed by atoms with Crippen LogP contribution in [0.1, 0.15) is 34.8 Å². The van der Waals surface area contributed by atoms with Crippen LogP contribution >= 0.6 is 0 Å². The second-order valence-corrected chi connectivity index (χ2v) is 6.87. The van der Waals surface area contributed by atoms with Crippen molar-refractivity contribution in [1.82, 2.24) is 10.3 Å². The highest BCUT2D eigenvalue weighted by atomic mass is 19.1. The smallest absolute Gasteiger partial charge is 0.405 e. The lowest BCUT2D eigenvalue weighted by Crippen LogP contribution is -2.26. The van der Waals surface area contributed by atoms with E-state index >= 15 is 0 Å². The monoisotopic (exact) mass is 476 g/mol. The third-order valence-electron chi connectivity index (χ3n) is 4.61. The molecule has 0 radical (unpaired) electrons. The molecule has 1 atom stereocenters. The molecule has 0 saturated carbocycles. The number of rotatable bonds is 8. The molecule has 3 aromatic rings. The number of oxazole rings is 1. The van der Waals surface area contributed by atoms with Crippen molar-refractivity contribution in [1.29, 1.82) is 0 Å². The first-order valence-electron chi connectivity index (χ1n) is 9.62. The van der Waals surface area contributed by atoms with Crippen LogP contribution in [0.3, 0.4) is 0 Å². The van der Waals surface area contributed by atoms with Crippen molar-refractivity contribution in [2.45, 2.75) is 19.6 Å². The largest absolute Gasteiger partial charge is 0.490 e. The number of aromatic nitrogens is 1. The highest BCUT2D eigenvalue weighted by Crippen LogP contribution is 2.34. The maximum absolute atomic E-state index is 13.9. The Kier molecular flexibility index (Phi) is 7.04. The number of ether oxygens (including phenoxy) is 2. The maximum atomic E-state index is 13.9. The van der Waals surface area contributed by atoms with E-state index in [9.17, 15) is 28.5 Å². The molecule has 0 unspecified atom stereocenters. The van der Waals surface area contributed by atoms with Crippen molar-refractivity contribution < 1.29 is 37.2 Å². The van der Waals surface area contributed by atoms with Crippen molar-refractivity contribution in [2.24, 2.45) is 5.73 Å². The third-order valence-corrected chi connectivity index (χ3v) is 4.61. The summed E-state index contributed by atoms with van der Waals surface area (Å²) in [5, 5.41) is 13.7. The topological polar surface area (TPSA) is 160 Å². The number of nitro groups is 1. The van der Waals surface area contributed by atoms with Crippen molar-refractivity contribution in [3.63, 3.8) is 0 Å². The van der Waals surface area contributed by atoms with Crippen molar-refractivity contribution in [3.8, 4) is 17.2 Å². The zero-order valence-electron chi connectivity index (χ0n) is 17.8. The fourth-order valence-corrected chi connectivity index (χ4v) is 3.01. The highest BCUT2D eigenvalue weighted by Gasteiger charge is 2.28. The molecule has 0 bridgehead atoms. The van der Waals surface area contributed by atoms with Gasteiger partial charge in [-0.2, -0.15) is 0 Å². The molecule has 1 heterocycles. The maximum Gasteiger partial charge on any atom is 0.405 e. The zero-order chi connectivity index (χ0) is 25.0. The number of methoxy groups -OCH3 is 1. The lowest BCUT2D eigenvalue weighted by Gasteiger charge is -2.10. The Labute approximate surface area is 190 Å². The molecule has 34 heavy (non-hydrogen) atoms. The Morgan fingerprint density at radius 3 is 2.62 bits per heavy atom. The number of primary amides is 1. The van der Waals surface area contributed by atoms with Gasteiger partial charge in [-0.05, 0) is 25.1 Å². The Morgan fingerprint density at radius 2 is 2.00 bits per heavy atom. The Morgan fingerprint density at radius 1 is 1.26 bits per heavy atom. The lowest BCUT2D eigenvalue weighted by molar-refractivity contribution is -0.385. The summed E-state index contributed by atoms with van der Waals surface area (Å²) < 4.78 is 42.4. The number of carbonyl (C=O) groups excluding carboxylic acids is 2. The van der Waals surface area contributed by atoms with Gasteiger partial charge in [0.1, 0.15) is 11.6 Å². The molecular formula is C21H18F2N4O7. The molecule has 11 nitrogen and oxygen atoms in total. The van der Waals surface area contributed by atoms with Gasteiger partial charge < -0.3 is 24.9 Å². The van der Waals surface area contributed by atoms with E-state index in [1.54, 1.807) is 0 Å². The number of hydrogen-bond donors (Lipinski definition) is 2. The van der Waals surface area contributed by atoms with E-state index in [0.29, 0.717) is 6.07 Å². The van der Waals surface area contributed by atoms with Gasteiger partial charge in [-0.3, -0.25) is 14.9 Å². The molecule has 1 aromatic heterocycles. The Hall–Kier alpha value is -4.55. The molecule has 3 N–H and O–H groups in total. The molecular weight excluding hydrogens is 458 g/mol. The van der Waals surface area contributed by atoms with Crippen LogP contribution < -0.4 is 15.8 Å². The van der Waals surface area contributed by atoms with Crippen LogP contribution in [0.2, 0.25) is 0 Å². The van der Waals surface area contributed by atoms with E-state index in [0.717, 1.165) is 18.2 Å². The van der Waals surface area contributed by atoms with E-state index in [1.807, 2.05) is 0 Å². The minimum absolute atomic E-state index is 0.00670. The van der Waals surface area contributed by atoms with Gasteiger partial charge in [-0.25, -0.2) is 18.6 Å². The van der Waals surface area contributed by atoms with Crippen LogP contribution in [-0.2, 0) is 11.3 Å². The molecule has 0 saturated heterocycles. The van der Waals surface area contributed by atoms with Crippen molar-refractivity contribution in [2.75, 3.05) is 7.11 Å². The molecule has 0 fully saturated rings. The number of nitrogens with two attached hydrogens (primary N) is 1. The molecule has 0 aliphatic rings. The normalized spacial score (nSPS) is 11.5. The number of nitrogens with zero attached hydrogens (tertiary/aromatic N) is 2. The number of benzene rings is 2. The molecule has 3 rings (SSSR count). The Bertz CT molecular complexity index is 1260. The predicted molar refractivity (Wildman–Crippen MR) is 112 cm³/mol. The van der Waals surface area contributed by atoms with Gasteiger partial charge in [0.2, 0.25) is 5.89 Å². The first-order chi connectivity index (χ1) is 16.1. The summed E-state index contributed by atoms with van der Waals surface area (Å²) in [7, 11) is 1.26. The standard InChI is InChI=1S/C21H18F2N4O7/c1-10(33-21(24)29)18-17(19(28)25-9-12-3-5-13(22)8-14(12)23)26-20(34-18)11-4-6-16(32-2)15(7-11)27(30)31/h3-8,10H,9H2,1-2H3,(H2,24,29)(H,25,28)/t10-/m0/s1. The van der Waals surface area contributed by atoms with Crippen LogP contribution in [0.4, 0.5) is 19.3 Å². The van der Waals surface area contributed by atoms with Gasteiger partial charge in [0.15, 0.2) is 23.3 Å². The predicted octanol–water partition coefficient (Wildman–Crippen LogP) is 3.62. The number of hydrogen-bond acceptors (Lipinski definition) is 8. The van der Waals surface area contributed by atoms with Gasteiger partial charge in [-0.1, -0.05) is 6.07 Å². The molecule has 13 heteroatoms. The number of nitrogens with one attached hydrogen (secondary N) is 1. The SMILES string of the molecule is COc1ccc(-c2nc(C(=O)NCc3ccc(F)cc3F)c([C@H](C)OC(N)=O)o2)cc1[N+](=O)[O-]. The van der Waals surface area contributed by atoms with Crippen LogP contribution in [0.15, 0.2) is 40.8 Å². The first-order valence-corrected chi connectivity index (χ1v) is 9.62. The molecule has 0 aliphatic heterocycles. The van der Waals surface area contributed by atoms with Crippen LogP contribution in [-0.4, -0.2) is 29.0 Å². The van der Waals surface area contributed by atoms with Crippen LogP contribution in [0.5, 0.6) is 5.75 Å². The Balaban J connectivity index is 1.97. The van der Waals surface area contributed by atoms with E-state index in [4.69, 9.17) is 19.6 Å². The average Bonchev–Trinajstić information content (AvgIpc) is 3.23. The summed E-state index contributed by atoms with van der Waals surface area (Å²) in [4.78, 5) is 38.7. The summed E-state index contributed by atoms with van der Waals surface area (Å²) in [6.07, 6.45) is -2.31. The molecule has 0 spiro atoms. The average molecular weight is 476 g/mol. The van der Waals surface area contributed by atoms with Gasteiger partial charge in [0, 0.05) is 29.8 Å². The molecule has 2 aromatic carbocycles. The van der Waals surface area contributed by atoms with E-state index in [2.05, 4.69) is 10.3 Å². The van der Waals surface area contributed by atoms with E-state index in [1.165, 1.54) is 26.2 Å². The van der Waals surface area contributed by atoms with Gasteiger partial charge >= 0.3 is 11.8 Å². The molecule has 178 valence electrons. The first kappa shape index (κ1) is 24.1. The highest BCUT2D eigenvalue weighted by molar-refractivity contribution is 5.94. The second-order valence-electron chi connectivity index (χ2n) is 6.87.